The third-order valence-electron chi connectivity index (χ3n) is 3.40. The first-order valence-electron chi connectivity index (χ1n) is 7.06. The molecule has 0 amide bonds. The molecular formula is C16H15FN2O3S. The third-order valence-corrected chi connectivity index (χ3v) is 4.76. The number of nitrogens with one attached hydrogen (secondary N) is 1. The van der Waals surface area contributed by atoms with Gasteiger partial charge in [-0.25, -0.2) is 22.5 Å². The van der Waals surface area contributed by atoms with Crippen molar-refractivity contribution in [3.63, 3.8) is 0 Å². The van der Waals surface area contributed by atoms with E-state index >= 15 is 0 Å². The number of fused-ring (bicyclic) bond motifs is 1. The maximum Gasteiger partial charge on any atom is 0.215 e. The second-order valence-electron chi connectivity index (χ2n) is 5.18. The molecule has 0 radical (unpaired) electrons. The highest BCUT2D eigenvalue weighted by molar-refractivity contribution is 7.88. The van der Waals surface area contributed by atoms with Crippen LogP contribution in [0.4, 0.5) is 4.39 Å². The second-order valence-corrected chi connectivity index (χ2v) is 6.99. The van der Waals surface area contributed by atoms with E-state index in [0.29, 0.717) is 17.6 Å². The molecule has 0 unspecified atom stereocenters. The standard InChI is InChI=1S/C16H15FN2O3S/c17-14-4-1-13(2-5-14)10-23(20,21)19-8-7-12-3-6-16-15(9-12)18-11-22-16/h1-6,9,11,19H,7-8,10H2. The SMILES string of the molecule is O=S(=O)(Cc1ccc(F)cc1)NCCc1ccc2ocnc2c1. The maximum absolute atomic E-state index is 12.8. The van der Waals surface area contributed by atoms with Gasteiger partial charge in [-0.05, 0) is 41.8 Å². The lowest BCUT2D eigenvalue weighted by molar-refractivity contribution is 0.580. The minimum Gasteiger partial charge on any atom is -0.443 e. The van der Waals surface area contributed by atoms with Crippen LogP contribution in [0.15, 0.2) is 53.3 Å². The molecule has 1 aromatic heterocycles. The van der Waals surface area contributed by atoms with Crippen molar-refractivity contribution < 1.29 is 17.2 Å². The fraction of sp³-hybridized carbons (Fsp3) is 0.188. The summed E-state index contributed by atoms with van der Waals surface area (Å²) in [6, 6.07) is 11.0. The Kier molecular flexibility index (Phi) is 4.40. The zero-order valence-electron chi connectivity index (χ0n) is 12.2. The van der Waals surface area contributed by atoms with Gasteiger partial charge in [0.15, 0.2) is 12.0 Å². The van der Waals surface area contributed by atoms with Crippen LogP contribution >= 0.6 is 0 Å². The Morgan fingerprint density at radius 3 is 2.61 bits per heavy atom. The zero-order chi connectivity index (χ0) is 16.3. The number of halogens is 1. The molecule has 0 aliphatic heterocycles. The third kappa shape index (κ3) is 4.14. The van der Waals surface area contributed by atoms with Crippen LogP contribution in [0.3, 0.4) is 0 Å². The number of hydrogen-bond donors (Lipinski definition) is 1. The Bertz CT molecular complexity index is 904. The first-order valence-corrected chi connectivity index (χ1v) is 8.71. The summed E-state index contributed by atoms with van der Waals surface area (Å²) in [4.78, 5) is 4.06. The monoisotopic (exact) mass is 334 g/mol. The predicted octanol–water partition coefficient (Wildman–Crippen LogP) is 2.63. The molecule has 0 aliphatic carbocycles. The minimum absolute atomic E-state index is 0.171. The molecule has 0 saturated carbocycles. The molecule has 23 heavy (non-hydrogen) atoms. The molecule has 0 atom stereocenters. The normalized spacial score (nSPS) is 11.9. The van der Waals surface area contributed by atoms with Gasteiger partial charge in [-0.2, -0.15) is 0 Å². The van der Waals surface area contributed by atoms with Gasteiger partial charge >= 0.3 is 0 Å². The zero-order valence-corrected chi connectivity index (χ0v) is 13.0. The largest absolute Gasteiger partial charge is 0.443 e. The van der Waals surface area contributed by atoms with Gasteiger partial charge in [0.1, 0.15) is 11.3 Å². The van der Waals surface area contributed by atoms with E-state index < -0.39 is 10.0 Å². The van der Waals surface area contributed by atoms with Crippen molar-refractivity contribution in [1.82, 2.24) is 9.71 Å². The molecule has 7 heteroatoms. The van der Waals surface area contributed by atoms with Crippen LogP contribution in [-0.4, -0.2) is 19.9 Å². The highest BCUT2D eigenvalue weighted by Crippen LogP contribution is 2.14. The average molecular weight is 334 g/mol. The van der Waals surface area contributed by atoms with Crippen molar-refractivity contribution in [2.75, 3.05) is 6.54 Å². The topological polar surface area (TPSA) is 72.2 Å². The molecule has 3 aromatic rings. The Morgan fingerprint density at radius 2 is 1.83 bits per heavy atom. The number of hydrogen-bond acceptors (Lipinski definition) is 4. The van der Waals surface area contributed by atoms with E-state index in [1.165, 1.54) is 30.7 Å². The fourth-order valence-electron chi connectivity index (χ4n) is 2.26. The Balaban J connectivity index is 1.57. The number of oxazole rings is 1. The quantitative estimate of drug-likeness (QED) is 0.752. The van der Waals surface area contributed by atoms with Crippen molar-refractivity contribution in [3.8, 4) is 0 Å². The number of rotatable bonds is 6. The molecule has 0 spiro atoms. The van der Waals surface area contributed by atoms with Crippen LogP contribution in [0.2, 0.25) is 0 Å². The van der Waals surface area contributed by atoms with Crippen molar-refractivity contribution in [2.24, 2.45) is 0 Å². The van der Waals surface area contributed by atoms with Gasteiger partial charge in [0.25, 0.3) is 0 Å². The predicted molar refractivity (Wildman–Crippen MR) is 84.7 cm³/mol. The molecule has 1 heterocycles. The van der Waals surface area contributed by atoms with E-state index in [0.717, 1.165) is 11.1 Å². The van der Waals surface area contributed by atoms with Crippen LogP contribution in [0.25, 0.3) is 11.1 Å². The van der Waals surface area contributed by atoms with Gasteiger partial charge in [-0.3, -0.25) is 0 Å². The summed E-state index contributed by atoms with van der Waals surface area (Å²) in [5.41, 5.74) is 2.96. The van der Waals surface area contributed by atoms with E-state index in [4.69, 9.17) is 4.42 Å². The molecule has 120 valence electrons. The molecule has 0 aliphatic rings. The van der Waals surface area contributed by atoms with E-state index in [1.54, 1.807) is 0 Å². The van der Waals surface area contributed by atoms with E-state index in [2.05, 4.69) is 9.71 Å². The van der Waals surface area contributed by atoms with Crippen molar-refractivity contribution in [3.05, 3.63) is 65.8 Å². The van der Waals surface area contributed by atoms with Crippen LogP contribution in [-0.2, 0) is 22.2 Å². The van der Waals surface area contributed by atoms with Gasteiger partial charge in [0.2, 0.25) is 10.0 Å². The van der Waals surface area contributed by atoms with Gasteiger partial charge in [0.05, 0.1) is 5.75 Å². The summed E-state index contributed by atoms with van der Waals surface area (Å²) in [5.74, 6) is -0.558. The number of sulfonamides is 1. The van der Waals surface area contributed by atoms with E-state index in [1.807, 2.05) is 18.2 Å². The number of aromatic nitrogens is 1. The van der Waals surface area contributed by atoms with Gasteiger partial charge < -0.3 is 4.42 Å². The van der Waals surface area contributed by atoms with Crippen molar-refractivity contribution >= 4 is 21.1 Å². The highest BCUT2D eigenvalue weighted by Gasteiger charge is 2.11. The summed E-state index contributed by atoms with van der Waals surface area (Å²) in [7, 11) is -3.46. The molecule has 2 aromatic carbocycles. The highest BCUT2D eigenvalue weighted by atomic mass is 32.2. The van der Waals surface area contributed by atoms with Gasteiger partial charge in [0, 0.05) is 6.54 Å². The van der Waals surface area contributed by atoms with Crippen LogP contribution in [0.5, 0.6) is 0 Å². The average Bonchev–Trinajstić information content (AvgIpc) is 2.97. The summed E-state index contributed by atoms with van der Waals surface area (Å²) >= 11 is 0. The first kappa shape index (κ1) is 15.6. The fourth-order valence-corrected chi connectivity index (χ4v) is 3.41. The van der Waals surface area contributed by atoms with E-state index in [-0.39, 0.29) is 18.1 Å². The second kappa shape index (κ2) is 6.47. The van der Waals surface area contributed by atoms with Crippen LogP contribution in [0.1, 0.15) is 11.1 Å². The molecule has 0 fully saturated rings. The van der Waals surface area contributed by atoms with Crippen molar-refractivity contribution in [2.45, 2.75) is 12.2 Å². The van der Waals surface area contributed by atoms with Gasteiger partial charge in [-0.1, -0.05) is 18.2 Å². The minimum atomic E-state index is -3.46. The summed E-state index contributed by atoms with van der Waals surface area (Å²) in [6.45, 7) is 0.285. The molecule has 0 saturated heterocycles. The van der Waals surface area contributed by atoms with Crippen LogP contribution in [0, 0.1) is 5.82 Å². The molecule has 3 rings (SSSR count). The molecule has 1 N–H and O–H groups in total. The molecular weight excluding hydrogens is 319 g/mol. The number of nitrogens with zero attached hydrogens (tertiary/aromatic N) is 1. The lowest BCUT2D eigenvalue weighted by atomic mass is 10.1. The Hall–Kier alpha value is -2.25. The Labute approximate surface area is 133 Å². The van der Waals surface area contributed by atoms with Crippen molar-refractivity contribution in [1.29, 1.82) is 0 Å². The van der Waals surface area contributed by atoms with Gasteiger partial charge in [-0.15, -0.1) is 0 Å². The summed E-state index contributed by atoms with van der Waals surface area (Å²) in [5, 5.41) is 0. The molecule has 0 bridgehead atoms. The smallest absolute Gasteiger partial charge is 0.215 e. The number of benzene rings is 2. The summed E-state index contributed by atoms with van der Waals surface area (Å²) in [6.07, 6.45) is 1.92. The Morgan fingerprint density at radius 1 is 1.09 bits per heavy atom. The lowest BCUT2D eigenvalue weighted by Gasteiger charge is -2.07. The first-order chi connectivity index (χ1) is 11.0. The summed E-state index contributed by atoms with van der Waals surface area (Å²) < 4.78 is 44.6. The molecule has 5 nitrogen and oxygen atoms in total. The lowest BCUT2D eigenvalue weighted by Crippen LogP contribution is -2.27. The van der Waals surface area contributed by atoms with E-state index in [9.17, 15) is 12.8 Å². The van der Waals surface area contributed by atoms with Crippen LogP contribution < -0.4 is 4.72 Å². The maximum atomic E-state index is 12.8.